The van der Waals surface area contributed by atoms with Gasteiger partial charge in [-0.05, 0) is 44.0 Å². The van der Waals surface area contributed by atoms with Crippen molar-refractivity contribution < 1.29 is 13.2 Å². The molecule has 0 aromatic heterocycles. The van der Waals surface area contributed by atoms with Gasteiger partial charge in [0, 0.05) is 38.4 Å². The minimum Gasteiger partial charge on any atom is -0.369 e. The van der Waals surface area contributed by atoms with E-state index in [0.29, 0.717) is 18.7 Å². The zero-order valence-corrected chi connectivity index (χ0v) is 18.6. The number of hydrogen-bond donors (Lipinski definition) is 2. The Hall–Kier alpha value is -1.29. The van der Waals surface area contributed by atoms with Gasteiger partial charge in [0.05, 0.1) is 5.75 Å². The van der Waals surface area contributed by atoms with Crippen LogP contribution in [0.4, 0.5) is 5.69 Å². The van der Waals surface area contributed by atoms with Gasteiger partial charge in [-0.25, -0.2) is 13.1 Å². The van der Waals surface area contributed by atoms with Crippen molar-refractivity contribution in [2.75, 3.05) is 55.9 Å². The molecule has 2 rings (SSSR count). The molecule has 1 aromatic rings. The number of sulfonamides is 1. The molecule has 7 nitrogen and oxygen atoms in total. The number of nitrogens with one attached hydrogen (secondary N) is 2. The molecule has 1 fully saturated rings. The molecule has 0 spiro atoms. The summed E-state index contributed by atoms with van der Waals surface area (Å²) in [6.07, 6.45) is 2.40. The fourth-order valence-electron chi connectivity index (χ4n) is 3.10. The first-order valence-corrected chi connectivity index (χ1v) is 12.7. The lowest BCUT2D eigenvalue weighted by Gasteiger charge is -2.35. The molecule has 1 saturated heterocycles. The maximum absolute atomic E-state index is 12.7. The van der Waals surface area contributed by atoms with E-state index in [9.17, 15) is 13.2 Å². The second kappa shape index (κ2) is 11.0. The highest BCUT2D eigenvalue weighted by atomic mass is 32.2. The van der Waals surface area contributed by atoms with E-state index in [4.69, 9.17) is 0 Å². The van der Waals surface area contributed by atoms with Crippen molar-refractivity contribution in [1.29, 1.82) is 0 Å². The molecular weight excluding hydrogens is 396 g/mol. The predicted octanol–water partition coefficient (Wildman–Crippen LogP) is 1.12. The molecule has 158 valence electrons. The molecule has 1 aliphatic rings. The monoisotopic (exact) mass is 428 g/mol. The number of para-hydroxylation sites is 1. The first-order valence-electron chi connectivity index (χ1n) is 9.64. The van der Waals surface area contributed by atoms with E-state index >= 15 is 0 Å². The molecule has 1 atom stereocenters. The van der Waals surface area contributed by atoms with E-state index in [-0.39, 0.29) is 11.7 Å². The molecule has 1 aromatic carbocycles. The number of thioether (sulfide) groups is 1. The third-order valence-electron chi connectivity index (χ3n) is 4.92. The highest BCUT2D eigenvalue weighted by molar-refractivity contribution is 7.98. The summed E-state index contributed by atoms with van der Waals surface area (Å²) in [6, 6.07) is 7.33. The lowest BCUT2D eigenvalue weighted by molar-refractivity contribution is -0.122. The summed E-state index contributed by atoms with van der Waals surface area (Å²) in [5.74, 6) is 0.393. The van der Waals surface area contributed by atoms with Crippen LogP contribution in [0.1, 0.15) is 18.9 Å². The number of anilines is 1. The topological polar surface area (TPSA) is 81.7 Å². The van der Waals surface area contributed by atoms with Crippen LogP contribution in [0.25, 0.3) is 0 Å². The molecule has 28 heavy (non-hydrogen) atoms. The van der Waals surface area contributed by atoms with E-state index in [1.807, 2.05) is 24.5 Å². The largest absolute Gasteiger partial charge is 0.369 e. The lowest BCUT2D eigenvalue weighted by atomic mass is 10.1. The molecule has 1 amide bonds. The standard InChI is InChI=1S/C19H32N4O3S2/c1-4-28(25,26)21-17(9-14-27-3)19(24)20-15-16-7-5-6-8-18(16)23-12-10-22(2)11-13-23/h5-8,17,21H,4,9-15H2,1-3H3,(H,20,24). The minimum absolute atomic E-state index is 0.0394. The highest BCUT2D eigenvalue weighted by Crippen LogP contribution is 2.21. The number of benzene rings is 1. The van der Waals surface area contributed by atoms with E-state index in [0.717, 1.165) is 37.4 Å². The summed E-state index contributed by atoms with van der Waals surface area (Å²) >= 11 is 1.59. The van der Waals surface area contributed by atoms with Crippen LogP contribution >= 0.6 is 11.8 Å². The second-order valence-electron chi connectivity index (χ2n) is 6.99. The van der Waals surface area contributed by atoms with Crippen molar-refractivity contribution in [2.24, 2.45) is 0 Å². The van der Waals surface area contributed by atoms with Gasteiger partial charge in [0.15, 0.2) is 0 Å². The zero-order valence-electron chi connectivity index (χ0n) is 17.0. The van der Waals surface area contributed by atoms with Gasteiger partial charge < -0.3 is 15.1 Å². The zero-order chi connectivity index (χ0) is 20.6. The molecule has 2 N–H and O–H groups in total. The molecule has 1 heterocycles. The Morgan fingerprint density at radius 3 is 2.54 bits per heavy atom. The smallest absolute Gasteiger partial charge is 0.238 e. The maximum Gasteiger partial charge on any atom is 0.238 e. The quantitative estimate of drug-likeness (QED) is 0.581. The van der Waals surface area contributed by atoms with Crippen molar-refractivity contribution in [1.82, 2.24) is 14.9 Å². The second-order valence-corrected chi connectivity index (χ2v) is 10.0. The SMILES string of the molecule is CCS(=O)(=O)NC(CCSC)C(=O)NCc1ccccc1N1CCN(C)CC1. The van der Waals surface area contributed by atoms with Crippen molar-refractivity contribution >= 4 is 33.4 Å². The summed E-state index contributed by atoms with van der Waals surface area (Å²) in [5, 5.41) is 2.93. The maximum atomic E-state index is 12.7. The van der Waals surface area contributed by atoms with Crippen molar-refractivity contribution in [2.45, 2.75) is 25.9 Å². The molecule has 1 unspecified atom stereocenters. The molecule has 0 aliphatic carbocycles. The van der Waals surface area contributed by atoms with Crippen molar-refractivity contribution in [3.8, 4) is 0 Å². The van der Waals surface area contributed by atoms with Crippen LogP contribution in [0.5, 0.6) is 0 Å². The van der Waals surface area contributed by atoms with Gasteiger partial charge in [0.2, 0.25) is 15.9 Å². The summed E-state index contributed by atoms with van der Waals surface area (Å²) in [5.41, 5.74) is 2.17. The fraction of sp³-hybridized carbons (Fsp3) is 0.632. The summed E-state index contributed by atoms with van der Waals surface area (Å²) < 4.78 is 26.4. The van der Waals surface area contributed by atoms with Crippen LogP contribution in [-0.2, 0) is 21.4 Å². The molecular formula is C19H32N4O3S2. The van der Waals surface area contributed by atoms with Crippen LogP contribution in [0, 0.1) is 0 Å². The average molecular weight is 429 g/mol. The van der Waals surface area contributed by atoms with E-state index in [2.05, 4.69) is 33.0 Å². The number of nitrogens with zero attached hydrogens (tertiary/aromatic N) is 2. The summed E-state index contributed by atoms with van der Waals surface area (Å²) in [4.78, 5) is 17.3. The highest BCUT2D eigenvalue weighted by Gasteiger charge is 2.23. The van der Waals surface area contributed by atoms with Gasteiger partial charge in [-0.2, -0.15) is 11.8 Å². The first kappa shape index (κ1) is 23.0. The van der Waals surface area contributed by atoms with Crippen LogP contribution < -0.4 is 14.9 Å². The average Bonchev–Trinajstić information content (AvgIpc) is 2.70. The van der Waals surface area contributed by atoms with E-state index < -0.39 is 16.1 Å². The van der Waals surface area contributed by atoms with Gasteiger partial charge in [0.25, 0.3) is 0 Å². The Labute approximate surface area is 173 Å². The van der Waals surface area contributed by atoms with Gasteiger partial charge in [-0.3, -0.25) is 4.79 Å². The Kier molecular flexibility index (Phi) is 9.07. The Morgan fingerprint density at radius 1 is 1.21 bits per heavy atom. The third-order valence-corrected chi connectivity index (χ3v) is 6.97. The number of rotatable bonds is 10. The lowest BCUT2D eigenvalue weighted by Crippen LogP contribution is -2.47. The van der Waals surface area contributed by atoms with Crippen LogP contribution in [0.15, 0.2) is 24.3 Å². The van der Waals surface area contributed by atoms with Crippen molar-refractivity contribution in [3.05, 3.63) is 29.8 Å². The first-order chi connectivity index (χ1) is 13.4. The number of amides is 1. The molecule has 9 heteroatoms. The number of piperazine rings is 1. The van der Waals surface area contributed by atoms with Gasteiger partial charge in [-0.15, -0.1) is 0 Å². The molecule has 0 saturated carbocycles. The van der Waals surface area contributed by atoms with Crippen LogP contribution in [-0.4, -0.2) is 76.3 Å². The van der Waals surface area contributed by atoms with Gasteiger partial charge in [-0.1, -0.05) is 18.2 Å². The van der Waals surface area contributed by atoms with Crippen LogP contribution in [0.2, 0.25) is 0 Å². The normalized spacial score (nSPS) is 16.8. The molecule has 0 bridgehead atoms. The van der Waals surface area contributed by atoms with Crippen LogP contribution in [0.3, 0.4) is 0 Å². The van der Waals surface area contributed by atoms with E-state index in [1.54, 1.807) is 18.7 Å². The van der Waals surface area contributed by atoms with E-state index in [1.165, 1.54) is 0 Å². The minimum atomic E-state index is -3.44. The Morgan fingerprint density at radius 2 is 1.89 bits per heavy atom. The van der Waals surface area contributed by atoms with Crippen molar-refractivity contribution in [3.63, 3.8) is 0 Å². The Balaban J connectivity index is 2.03. The fourth-order valence-corrected chi connectivity index (χ4v) is 4.40. The molecule has 1 aliphatic heterocycles. The number of hydrogen-bond acceptors (Lipinski definition) is 6. The predicted molar refractivity (Wildman–Crippen MR) is 117 cm³/mol. The Bertz CT molecular complexity index is 734. The summed E-state index contributed by atoms with van der Waals surface area (Å²) in [7, 11) is -1.32. The number of carbonyl (C=O) groups excluding carboxylic acids is 1. The third kappa shape index (κ3) is 6.95. The number of carbonyl (C=O) groups is 1. The number of likely N-dealkylation sites (N-methyl/N-ethyl adjacent to an activating group) is 1. The summed E-state index contributed by atoms with van der Waals surface area (Å²) in [6.45, 7) is 5.87. The van der Waals surface area contributed by atoms with Gasteiger partial charge in [0.1, 0.15) is 6.04 Å². The van der Waals surface area contributed by atoms with Gasteiger partial charge >= 0.3 is 0 Å². The molecule has 0 radical (unpaired) electrons.